The number of amides is 2. The summed E-state index contributed by atoms with van der Waals surface area (Å²) < 4.78 is 5.09. The largest absolute Gasteiger partial charge is 0.451 e. The zero-order chi connectivity index (χ0) is 16.3. The number of rotatable bonds is 4. The van der Waals surface area contributed by atoms with Crippen LogP contribution in [0.2, 0.25) is 5.02 Å². The van der Waals surface area contributed by atoms with E-state index in [1.54, 1.807) is 18.2 Å². The minimum Gasteiger partial charge on any atom is -0.451 e. The van der Waals surface area contributed by atoms with E-state index in [-0.39, 0.29) is 5.91 Å². The van der Waals surface area contributed by atoms with E-state index in [4.69, 9.17) is 16.3 Å². The van der Waals surface area contributed by atoms with Crippen LogP contribution >= 0.6 is 11.6 Å². The Morgan fingerprint density at radius 2 is 2.18 bits per heavy atom. The van der Waals surface area contributed by atoms with Gasteiger partial charge in [-0.3, -0.25) is 9.59 Å². The summed E-state index contributed by atoms with van der Waals surface area (Å²) in [5.74, 6) is -1.24. The number of benzene rings is 1. The Balaban J connectivity index is 1.93. The van der Waals surface area contributed by atoms with Crippen LogP contribution in [0, 0.1) is 6.92 Å². The first-order chi connectivity index (χ1) is 10.4. The van der Waals surface area contributed by atoms with E-state index in [0.29, 0.717) is 23.6 Å². The number of ether oxygens (including phenoxy) is 1. The molecule has 2 N–H and O–H groups in total. The van der Waals surface area contributed by atoms with Crippen molar-refractivity contribution in [1.29, 1.82) is 0 Å². The highest BCUT2D eigenvalue weighted by Gasteiger charge is 2.30. The zero-order valence-electron chi connectivity index (χ0n) is 12.3. The van der Waals surface area contributed by atoms with Crippen molar-refractivity contribution < 1.29 is 19.1 Å². The van der Waals surface area contributed by atoms with Crippen LogP contribution in [0.25, 0.3) is 0 Å². The number of hydrogen-bond donors (Lipinski definition) is 2. The molecule has 1 aliphatic heterocycles. The van der Waals surface area contributed by atoms with Crippen molar-refractivity contribution in [3.63, 3.8) is 0 Å². The smallest absolute Gasteiger partial charge is 0.329 e. The van der Waals surface area contributed by atoms with Crippen molar-refractivity contribution >= 4 is 35.1 Å². The maximum absolute atomic E-state index is 12.1. The maximum atomic E-state index is 12.1. The predicted molar refractivity (Wildman–Crippen MR) is 81.5 cm³/mol. The van der Waals surface area contributed by atoms with E-state index in [2.05, 4.69) is 10.6 Å². The van der Waals surface area contributed by atoms with Gasteiger partial charge in [-0.2, -0.15) is 0 Å². The van der Waals surface area contributed by atoms with Crippen LogP contribution in [-0.4, -0.2) is 29.9 Å². The van der Waals surface area contributed by atoms with E-state index >= 15 is 0 Å². The van der Waals surface area contributed by atoms with Gasteiger partial charge in [0, 0.05) is 17.1 Å². The molecule has 2 atom stereocenters. The van der Waals surface area contributed by atoms with Gasteiger partial charge in [0.25, 0.3) is 5.91 Å². The molecule has 0 aliphatic carbocycles. The van der Waals surface area contributed by atoms with Crippen LogP contribution in [-0.2, 0) is 19.1 Å². The highest BCUT2D eigenvalue weighted by atomic mass is 35.5. The Labute approximate surface area is 133 Å². The van der Waals surface area contributed by atoms with Crippen LogP contribution in [0.1, 0.15) is 25.3 Å². The first kappa shape index (κ1) is 16.3. The Bertz CT molecular complexity index is 618. The fourth-order valence-corrected chi connectivity index (χ4v) is 2.24. The number of carbonyl (C=O) groups is 3. The minimum absolute atomic E-state index is 0.186. The summed E-state index contributed by atoms with van der Waals surface area (Å²) in [6, 6.07) is 4.46. The summed E-state index contributed by atoms with van der Waals surface area (Å²) in [6.45, 7) is 3.31. The van der Waals surface area contributed by atoms with Gasteiger partial charge in [0.05, 0.1) is 0 Å². The first-order valence-corrected chi connectivity index (χ1v) is 7.31. The summed E-state index contributed by atoms with van der Waals surface area (Å²) in [4.78, 5) is 35.0. The van der Waals surface area contributed by atoms with Crippen molar-refractivity contribution in [2.75, 3.05) is 5.32 Å². The van der Waals surface area contributed by atoms with E-state index in [9.17, 15) is 14.4 Å². The van der Waals surface area contributed by atoms with Crippen molar-refractivity contribution in [2.24, 2.45) is 0 Å². The van der Waals surface area contributed by atoms with Gasteiger partial charge in [0.2, 0.25) is 5.91 Å². The zero-order valence-corrected chi connectivity index (χ0v) is 13.1. The molecule has 0 spiro atoms. The average Bonchev–Trinajstić information content (AvgIpc) is 2.89. The molecule has 0 saturated carbocycles. The second-order valence-corrected chi connectivity index (χ2v) is 5.62. The third-order valence-corrected chi connectivity index (χ3v) is 3.63. The third-order valence-electron chi connectivity index (χ3n) is 3.40. The highest BCUT2D eigenvalue weighted by molar-refractivity contribution is 6.31. The lowest BCUT2D eigenvalue weighted by molar-refractivity contribution is -0.155. The number of nitrogens with one attached hydrogen (secondary N) is 2. The monoisotopic (exact) mass is 324 g/mol. The van der Waals surface area contributed by atoms with Crippen molar-refractivity contribution in [3.05, 3.63) is 28.8 Å². The normalized spacial score (nSPS) is 18.5. The lowest BCUT2D eigenvalue weighted by Crippen LogP contribution is -2.39. The molecule has 2 rings (SSSR count). The molecule has 0 aromatic heterocycles. The van der Waals surface area contributed by atoms with Crippen LogP contribution in [0.5, 0.6) is 0 Å². The molecule has 1 aromatic carbocycles. The number of halogens is 1. The second kappa shape index (κ2) is 6.79. The first-order valence-electron chi connectivity index (χ1n) is 6.93. The van der Waals surface area contributed by atoms with Gasteiger partial charge in [-0.05, 0) is 38.0 Å². The molecule has 1 heterocycles. The molecule has 22 heavy (non-hydrogen) atoms. The summed E-state index contributed by atoms with van der Waals surface area (Å²) in [6.07, 6.45) is -0.287. The third kappa shape index (κ3) is 3.98. The van der Waals surface area contributed by atoms with Crippen LogP contribution < -0.4 is 10.6 Å². The van der Waals surface area contributed by atoms with Crippen LogP contribution in [0.4, 0.5) is 5.69 Å². The van der Waals surface area contributed by atoms with E-state index < -0.39 is 24.0 Å². The summed E-state index contributed by atoms with van der Waals surface area (Å²) in [7, 11) is 0. The molecule has 0 unspecified atom stereocenters. The van der Waals surface area contributed by atoms with Crippen molar-refractivity contribution in [1.82, 2.24) is 5.32 Å². The number of carbonyl (C=O) groups excluding carboxylic acids is 3. The molecule has 2 amide bonds. The fraction of sp³-hybridized carbons (Fsp3) is 0.400. The molecule has 1 fully saturated rings. The quantitative estimate of drug-likeness (QED) is 0.827. The molecule has 1 aliphatic rings. The summed E-state index contributed by atoms with van der Waals surface area (Å²) in [5.41, 5.74) is 1.41. The molecule has 7 heteroatoms. The molecule has 118 valence electrons. The van der Waals surface area contributed by atoms with E-state index in [1.165, 1.54) is 6.92 Å². The Morgan fingerprint density at radius 3 is 2.82 bits per heavy atom. The number of esters is 1. The predicted octanol–water partition coefficient (Wildman–Crippen LogP) is 1.80. The van der Waals surface area contributed by atoms with Crippen LogP contribution in [0.15, 0.2) is 18.2 Å². The topological polar surface area (TPSA) is 84.5 Å². The van der Waals surface area contributed by atoms with Gasteiger partial charge < -0.3 is 15.4 Å². The van der Waals surface area contributed by atoms with Crippen molar-refractivity contribution in [3.8, 4) is 0 Å². The average molecular weight is 325 g/mol. The highest BCUT2D eigenvalue weighted by Crippen LogP contribution is 2.20. The van der Waals surface area contributed by atoms with Crippen molar-refractivity contribution in [2.45, 2.75) is 38.8 Å². The summed E-state index contributed by atoms with van der Waals surface area (Å²) in [5, 5.41) is 5.67. The number of hydrogen-bond acceptors (Lipinski definition) is 4. The lowest BCUT2D eigenvalue weighted by atomic mass is 10.2. The Hall–Kier alpha value is -2.08. The molecule has 6 nitrogen and oxygen atoms in total. The lowest BCUT2D eigenvalue weighted by Gasteiger charge is -2.17. The van der Waals surface area contributed by atoms with Gasteiger partial charge in [0.1, 0.15) is 6.04 Å². The second-order valence-electron chi connectivity index (χ2n) is 5.19. The summed E-state index contributed by atoms with van der Waals surface area (Å²) >= 11 is 5.89. The van der Waals surface area contributed by atoms with E-state index in [1.807, 2.05) is 6.92 Å². The Kier molecular flexibility index (Phi) is 5.03. The van der Waals surface area contributed by atoms with Gasteiger partial charge in [0.15, 0.2) is 6.10 Å². The molecule has 0 bridgehead atoms. The molecule has 1 aromatic rings. The molecular weight excluding hydrogens is 308 g/mol. The van der Waals surface area contributed by atoms with Gasteiger partial charge in [-0.1, -0.05) is 17.7 Å². The van der Waals surface area contributed by atoms with Gasteiger partial charge in [-0.15, -0.1) is 0 Å². The number of aryl methyl sites for hydroxylation is 1. The SMILES string of the molecule is Cc1ccc(Cl)cc1NC(=O)[C@@H](C)OC(=O)[C@@H]1CCC(=O)N1. The number of anilines is 1. The molecule has 0 radical (unpaired) electrons. The fourth-order valence-electron chi connectivity index (χ4n) is 2.06. The van der Waals surface area contributed by atoms with Crippen LogP contribution in [0.3, 0.4) is 0 Å². The van der Waals surface area contributed by atoms with E-state index in [0.717, 1.165) is 5.56 Å². The molecular formula is C15H17ClN2O4. The minimum atomic E-state index is -0.969. The standard InChI is InChI=1S/C15H17ClN2O4/c1-8-3-4-10(16)7-12(8)18-14(20)9(2)22-15(21)11-5-6-13(19)17-11/h3-4,7,9,11H,5-6H2,1-2H3,(H,17,19)(H,18,20)/t9-,11+/m1/s1. The van der Waals surface area contributed by atoms with Gasteiger partial charge in [-0.25, -0.2) is 4.79 Å². The Morgan fingerprint density at radius 1 is 1.45 bits per heavy atom. The molecule has 1 saturated heterocycles. The van der Waals surface area contributed by atoms with Gasteiger partial charge >= 0.3 is 5.97 Å². The maximum Gasteiger partial charge on any atom is 0.329 e.